The molecule has 1 N–H and O–H groups in total. The van der Waals surface area contributed by atoms with E-state index in [2.05, 4.69) is 4.40 Å². The van der Waals surface area contributed by atoms with Crippen molar-refractivity contribution in [2.24, 2.45) is 16.2 Å². The van der Waals surface area contributed by atoms with Gasteiger partial charge in [0.25, 0.3) is 10.0 Å². The molecule has 1 saturated heterocycles. The summed E-state index contributed by atoms with van der Waals surface area (Å²) in [6.45, 7) is 2.65. The molecule has 0 radical (unpaired) electrons. The van der Waals surface area contributed by atoms with E-state index in [0.29, 0.717) is 24.5 Å². The average molecular weight is 294 g/mol. The smallest absolute Gasteiger partial charge is 0.308 e. The Kier molecular flexibility index (Phi) is 2.82. The zero-order valence-electron chi connectivity index (χ0n) is 10.9. The minimum atomic E-state index is -3.65. The second-order valence-electron chi connectivity index (χ2n) is 5.21. The number of fused-ring (bicyclic) bond motifs is 1. The summed E-state index contributed by atoms with van der Waals surface area (Å²) in [5.41, 5.74) is 0.561. The van der Waals surface area contributed by atoms with E-state index in [-0.39, 0.29) is 10.8 Å². The van der Waals surface area contributed by atoms with Crippen molar-refractivity contribution in [3.8, 4) is 0 Å². The quantitative estimate of drug-likeness (QED) is 0.827. The van der Waals surface area contributed by atoms with Crippen LogP contribution >= 0.6 is 0 Å². The van der Waals surface area contributed by atoms with Gasteiger partial charge in [0.15, 0.2) is 5.84 Å². The maximum Gasteiger partial charge on any atom is 0.308 e. The van der Waals surface area contributed by atoms with Crippen LogP contribution in [-0.4, -0.2) is 43.3 Å². The van der Waals surface area contributed by atoms with Crippen LogP contribution in [0.1, 0.15) is 12.5 Å². The standard InChI is InChI=1S/C13H14N2O4S/c1-8-6-15(7-10(8)13(16)17)12-9-4-2-3-5-11(9)20(18,19)14-12/h2-5,8,10H,6-7H2,1H3,(H,16,17)/t8-,10-/m1/s1. The van der Waals surface area contributed by atoms with Crippen molar-refractivity contribution in [2.75, 3.05) is 13.1 Å². The molecule has 0 amide bonds. The molecule has 2 aliphatic heterocycles. The predicted octanol–water partition coefficient (Wildman–Crippen LogP) is 0.788. The molecule has 20 heavy (non-hydrogen) atoms. The topological polar surface area (TPSA) is 87.0 Å². The van der Waals surface area contributed by atoms with Crippen molar-refractivity contribution in [3.05, 3.63) is 29.8 Å². The van der Waals surface area contributed by atoms with Crippen LogP contribution in [0.5, 0.6) is 0 Å². The first-order chi connectivity index (χ1) is 9.40. The van der Waals surface area contributed by atoms with Crippen LogP contribution in [-0.2, 0) is 14.8 Å². The lowest BCUT2D eigenvalue weighted by molar-refractivity contribution is -0.142. The van der Waals surface area contributed by atoms with Crippen LogP contribution in [0.25, 0.3) is 0 Å². The fourth-order valence-electron chi connectivity index (χ4n) is 2.78. The number of benzene rings is 1. The number of carbonyl (C=O) groups is 1. The highest BCUT2D eigenvalue weighted by molar-refractivity contribution is 7.90. The summed E-state index contributed by atoms with van der Waals surface area (Å²) in [5, 5.41) is 9.16. The Hall–Kier alpha value is -1.89. The molecule has 2 atom stereocenters. The normalized spacial score (nSPS) is 27.2. The molecule has 1 aromatic carbocycles. The van der Waals surface area contributed by atoms with Crippen molar-refractivity contribution in [1.82, 2.24) is 4.90 Å². The maximum atomic E-state index is 12.0. The van der Waals surface area contributed by atoms with E-state index in [1.807, 2.05) is 6.92 Å². The largest absolute Gasteiger partial charge is 0.481 e. The van der Waals surface area contributed by atoms with Gasteiger partial charge in [-0.2, -0.15) is 8.42 Å². The van der Waals surface area contributed by atoms with Gasteiger partial charge < -0.3 is 10.0 Å². The summed E-state index contributed by atoms with van der Waals surface area (Å²) >= 11 is 0. The third-order valence-electron chi connectivity index (χ3n) is 3.84. The Morgan fingerprint density at radius 1 is 1.35 bits per heavy atom. The number of nitrogens with zero attached hydrogens (tertiary/aromatic N) is 2. The van der Waals surface area contributed by atoms with Gasteiger partial charge in [-0.15, -0.1) is 4.40 Å². The van der Waals surface area contributed by atoms with Crippen molar-refractivity contribution < 1.29 is 18.3 Å². The average Bonchev–Trinajstić information content (AvgIpc) is 2.89. The molecule has 2 heterocycles. The number of amidine groups is 1. The summed E-state index contributed by atoms with van der Waals surface area (Å²) in [7, 11) is -3.65. The van der Waals surface area contributed by atoms with Gasteiger partial charge in [-0.25, -0.2) is 0 Å². The van der Waals surface area contributed by atoms with E-state index in [9.17, 15) is 13.2 Å². The monoisotopic (exact) mass is 294 g/mol. The number of aliphatic carboxylic acids is 1. The Bertz CT molecular complexity index is 711. The first kappa shape index (κ1) is 13.1. The predicted molar refractivity (Wildman–Crippen MR) is 72.0 cm³/mol. The Balaban J connectivity index is 2.00. The van der Waals surface area contributed by atoms with Crippen LogP contribution in [0.3, 0.4) is 0 Å². The van der Waals surface area contributed by atoms with Gasteiger partial charge in [-0.05, 0) is 18.1 Å². The lowest BCUT2D eigenvalue weighted by Gasteiger charge is -2.17. The van der Waals surface area contributed by atoms with Gasteiger partial charge in [0, 0.05) is 18.7 Å². The molecule has 0 spiro atoms. The zero-order valence-corrected chi connectivity index (χ0v) is 11.7. The van der Waals surface area contributed by atoms with E-state index in [4.69, 9.17) is 5.11 Å². The number of sulfonamides is 1. The molecule has 0 unspecified atom stereocenters. The number of rotatable bonds is 1. The van der Waals surface area contributed by atoms with Crippen LogP contribution in [0.4, 0.5) is 0 Å². The Morgan fingerprint density at radius 3 is 2.70 bits per heavy atom. The lowest BCUT2D eigenvalue weighted by Crippen LogP contribution is -2.29. The van der Waals surface area contributed by atoms with Crippen molar-refractivity contribution >= 4 is 21.8 Å². The number of carboxylic acid groups (broad SMARTS) is 1. The number of hydrogen-bond acceptors (Lipinski definition) is 4. The first-order valence-corrected chi connectivity index (χ1v) is 7.76. The Labute approximate surface area is 116 Å². The van der Waals surface area contributed by atoms with Crippen LogP contribution in [0.2, 0.25) is 0 Å². The maximum absolute atomic E-state index is 12.0. The van der Waals surface area contributed by atoms with Gasteiger partial charge >= 0.3 is 5.97 Å². The Morgan fingerprint density at radius 2 is 2.05 bits per heavy atom. The highest BCUT2D eigenvalue weighted by atomic mass is 32.2. The van der Waals surface area contributed by atoms with Gasteiger partial charge in [0.1, 0.15) is 4.90 Å². The van der Waals surface area contributed by atoms with Gasteiger partial charge in [-0.3, -0.25) is 4.79 Å². The fraction of sp³-hybridized carbons (Fsp3) is 0.385. The van der Waals surface area contributed by atoms with Gasteiger partial charge in [0.05, 0.1) is 5.92 Å². The summed E-state index contributed by atoms with van der Waals surface area (Å²) in [5.74, 6) is -1.01. The lowest BCUT2D eigenvalue weighted by atomic mass is 9.99. The highest BCUT2D eigenvalue weighted by Gasteiger charge is 2.40. The molecule has 3 rings (SSSR count). The SMILES string of the molecule is C[C@@H]1CN(C2=NS(=O)(=O)c3ccccc32)C[C@H]1C(=O)O. The molecule has 6 nitrogen and oxygen atoms in total. The third-order valence-corrected chi connectivity index (χ3v) is 5.17. The van der Waals surface area contributed by atoms with Crippen molar-refractivity contribution in [2.45, 2.75) is 11.8 Å². The van der Waals surface area contributed by atoms with Crippen molar-refractivity contribution in [1.29, 1.82) is 0 Å². The van der Waals surface area contributed by atoms with Crippen LogP contribution < -0.4 is 0 Å². The van der Waals surface area contributed by atoms with E-state index in [0.717, 1.165) is 0 Å². The fourth-order valence-corrected chi connectivity index (χ4v) is 4.01. The molecule has 1 aromatic rings. The number of carboxylic acids is 1. The molecule has 0 aliphatic carbocycles. The van der Waals surface area contributed by atoms with E-state index in [1.165, 1.54) is 6.07 Å². The third kappa shape index (κ3) is 1.89. The van der Waals surface area contributed by atoms with Gasteiger partial charge in [-0.1, -0.05) is 19.1 Å². The summed E-state index contributed by atoms with van der Waals surface area (Å²) < 4.78 is 27.8. The van der Waals surface area contributed by atoms with Gasteiger partial charge in [0.2, 0.25) is 0 Å². The minimum Gasteiger partial charge on any atom is -0.481 e. The molecule has 0 saturated carbocycles. The number of hydrogen-bond donors (Lipinski definition) is 1. The van der Waals surface area contributed by atoms with E-state index in [1.54, 1.807) is 23.1 Å². The molecule has 2 aliphatic rings. The molecule has 106 valence electrons. The second-order valence-corrected chi connectivity index (χ2v) is 6.79. The molecular formula is C13H14N2O4S. The highest BCUT2D eigenvalue weighted by Crippen LogP contribution is 2.31. The summed E-state index contributed by atoms with van der Waals surface area (Å²) in [4.78, 5) is 13.1. The number of likely N-dealkylation sites (tertiary alicyclic amines) is 1. The van der Waals surface area contributed by atoms with Crippen LogP contribution in [0, 0.1) is 11.8 Å². The molecule has 0 aromatic heterocycles. The molecule has 1 fully saturated rings. The molecule has 7 heteroatoms. The summed E-state index contributed by atoms with van der Waals surface area (Å²) in [6.07, 6.45) is 0. The molecular weight excluding hydrogens is 280 g/mol. The van der Waals surface area contributed by atoms with Crippen LogP contribution in [0.15, 0.2) is 33.6 Å². The first-order valence-electron chi connectivity index (χ1n) is 6.32. The van der Waals surface area contributed by atoms with E-state index < -0.39 is 21.9 Å². The van der Waals surface area contributed by atoms with E-state index >= 15 is 0 Å². The zero-order chi connectivity index (χ0) is 14.5. The minimum absolute atomic E-state index is 0.0364. The van der Waals surface area contributed by atoms with Crippen molar-refractivity contribution in [3.63, 3.8) is 0 Å². The second kappa shape index (κ2) is 4.31. The summed E-state index contributed by atoms with van der Waals surface area (Å²) in [6, 6.07) is 6.64. The molecule has 0 bridgehead atoms.